The molecule has 42 heavy (non-hydrogen) atoms. The maximum absolute atomic E-state index is 14.1. The molecule has 13 heteroatoms. The quantitative estimate of drug-likeness (QED) is 0.357. The van der Waals surface area contributed by atoms with Gasteiger partial charge in [-0.15, -0.1) is 0 Å². The Morgan fingerprint density at radius 2 is 1.76 bits per heavy atom. The molecule has 3 heterocycles. The van der Waals surface area contributed by atoms with Crippen molar-refractivity contribution in [2.75, 3.05) is 43.4 Å². The molecule has 2 aromatic carbocycles. The van der Waals surface area contributed by atoms with E-state index >= 15 is 0 Å². The second-order valence-electron chi connectivity index (χ2n) is 10.1. The zero-order valence-electron chi connectivity index (χ0n) is 22.9. The highest BCUT2D eigenvalue weighted by atomic mass is 19.4. The normalized spacial score (nSPS) is 14.1. The van der Waals surface area contributed by atoms with E-state index in [0.717, 1.165) is 36.5 Å². The zero-order chi connectivity index (χ0) is 30.2. The first-order valence-corrected chi connectivity index (χ1v) is 13.1. The van der Waals surface area contributed by atoms with E-state index in [1.54, 1.807) is 36.4 Å². The van der Waals surface area contributed by atoms with Crippen LogP contribution >= 0.6 is 0 Å². The van der Waals surface area contributed by atoms with Crippen LogP contribution in [0.4, 0.5) is 24.5 Å². The number of anilines is 2. The number of rotatable bonds is 6. The minimum atomic E-state index is -4.86. The summed E-state index contributed by atoms with van der Waals surface area (Å²) in [6.07, 6.45) is -4.86. The molecule has 216 valence electrons. The number of fused-ring (bicyclic) bond motifs is 1. The molecule has 10 nitrogen and oxygen atoms in total. The second-order valence-corrected chi connectivity index (χ2v) is 10.1. The summed E-state index contributed by atoms with van der Waals surface area (Å²) in [6.45, 7) is 4.60. The van der Waals surface area contributed by atoms with Gasteiger partial charge in [0.1, 0.15) is 5.69 Å². The SMILES string of the molecule is Cc1c(NC(=O)c2cc(C(N)=O)nc3ccc(N4CCN(C)CC4)cc23)c(C(F)(F)F)nn1Cc1ccc(C#N)cc1. The number of amides is 2. The summed E-state index contributed by atoms with van der Waals surface area (Å²) in [7, 11) is 2.03. The lowest BCUT2D eigenvalue weighted by Crippen LogP contribution is -2.44. The molecule has 0 bridgehead atoms. The van der Waals surface area contributed by atoms with Gasteiger partial charge in [-0.2, -0.15) is 23.5 Å². The van der Waals surface area contributed by atoms with Gasteiger partial charge >= 0.3 is 6.18 Å². The molecule has 1 fully saturated rings. The molecule has 0 radical (unpaired) electrons. The van der Waals surface area contributed by atoms with Gasteiger partial charge in [-0.05, 0) is 55.9 Å². The maximum atomic E-state index is 14.1. The van der Waals surface area contributed by atoms with Crippen LogP contribution in [0, 0.1) is 18.3 Å². The maximum Gasteiger partial charge on any atom is 0.437 e. The number of aromatic nitrogens is 3. The summed E-state index contributed by atoms with van der Waals surface area (Å²) < 4.78 is 43.4. The summed E-state index contributed by atoms with van der Waals surface area (Å²) in [6, 6.07) is 14.8. The summed E-state index contributed by atoms with van der Waals surface area (Å²) in [5, 5.41) is 15.5. The molecule has 2 amide bonds. The molecule has 0 aliphatic carbocycles. The Kier molecular flexibility index (Phi) is 7.57. The third kappa shape index (κ3) is 5.75. The van der Waals surface area contributed by atoms with Crippen LogP contribution in [0.25, 0.3) is 10.9 Å². The molecule has 1 aliphatic heterocycles. The van der Waals surface area contributed by atoms with E-state index in [4.69, 9.17) is 11.0 Å². The average molecular weight is 577 g/mol. The van der Waals surface area contributed by atoms with Crippen molar-refractivity contribution in [3.8, 4) is 6.07 Å². The highest BCUT2D eigenvalue weighted by Gasteiger charge is 2.39. The van der Waals surface area contributed by atoms with Gasteiger partial charge < -0.3 is 20.9 Å². The summed E-state index contributed by atoms with van der Waals surface area (Å²) in [5.41, 5.74) is 5.70. The van der Waals surface area contributed by atoms with Crippen LogP contribution < -0.4 is 16.0 Å². The number of alkyl halides is 3. The van der Waals surface area contributed by atoms with Gasteiger partial charge in [0.05, 0.1) is 40.6 Å². The van der Waals surface area contributed by atoms with Crippen LogP contribution in [0.15, 0.2) is 48.5 Å². The number of nitrogens with zero attached hydrogens (tertiary/aromatic N) is 6. The number of halogens is 3. The van der Waals surface area contributed by atoms with Crippen molar-refractivity contribution in [2.24, 2.45) is 5.73 Å². The number of hydrogen-bond donors (Lipinski definition) is 2. The number of likely N-dealkylation sites (N-methyl/N-ethyl adjacent to an activating group) is 1. The highest BCUT2D eigenvalue weighted by Crippen LogP contribution is 2.37. The molecular formula is C29H27F3N8O2. The smallest absolute Gasteiger partial charge is 0.369 e. The molecule has 4 aromatic rings. The van der Waals surface area contributed by atoms with E-state index in [2.05, 4.69) is 25.2 Å². The van der Waals surface area contributed by atoms with E-state index in [-0.39, 0.29) is 23.5 Å². The van der Waals surface area contributed by atoms with Crippen molar-refractivity contribution < 1.29 is 22.8 Å². The van der Waals surface area contributed by atoms with Gasteiger partial charge in [-0.25, -0.2) is 4.98 Å². The number of nitriles is 1. The minimum absolute atomic E-state index is 0.0190. The summed E-state index contributed by atoms with van der Waals surface area (Å²) in [4.78, 5) is 34.3. The van der Waals surface area contributed by atoms with E-state index in [1.807, 2.05) is 19.2 Å². The van der Waals surface area contributed by atoms with Crippen LogP contribution in [0.3, 0.4) is 0 Å². The lowest BCUT2D eigenvalue weighted by Gasteiger charge is -2.34. The fourth-order valence-electron chi connectivity index (χ4n) is 4.88. The van der Waals surface area contributed by atoms with Crippen LogP contribution in [0.5, 0.6) is 0 Å². The van der Waals surface area contributed by atoms with Gasteiger partial charge in [0.2, 0.25) is 0 Å². The number of hydrogen-bond acceptors (Lipinski definition) is 7. The number of primary amides is 1. The third-order valence-electron chi connectivity index (χ3n) is 7.29. The second kappa shape index (κ2) is 11.1. The largest absolute Gasteiger partial charge is 0.437 e. The van der Waals surface area contributed by atoms with Crippen molar-refractivity contribution in [1.29, 1.82) is 5.26 Å². The van der Waals surface area contributed by atoms with Crippen LogP contribution in [-0.4, -0.2) is 64.7 Å². The Hall–Kier alpha value is -4.96. The van der Waals surface area contributed by atoms with Gasteiger partial charge in [-0.3, -0.25) is 14.3 Å². The number of nitrogens with two attached hydrogens (primary N) is 1. The van der Waals surface area contributed by atoms with Crippen LogP contribution in [0.1, 0.15) is 43.4 Å². The first kappa shape index (κ1) is 28.6. The standard InChI is InChI=1S/C29H27F3N8O2/c1-17-25(26(29(30,31)32)37-40(17)16-19-5-3-18(15-33)4-6-19)36-28(42)22-14-24(27(34)41)35-23-8-7-20(13-21(22)23)39-11-9-38(2)10-12-39/h3-8,13-14H,9-12,16H2,1-2H3,(H2,34,41)(H,36,42). The predicted molar refractivity (Wildman–Crippen MR) is 150 cm³/mol. The topological polar surface area (TPSA) is 133 Å². The van der Waals surface area contributed by atoms with Crippen molar-refractivity contribution in [3.05, 3.63) is 82.3 Å². The monoisotopic (exact) mass is 576 g/mol. The van der Waals surface area contributed by atoms with E-state index in [9.17, 15) is 22.8 Å². The lowest BCUT2D eigenvalue weighted by atomic mass is 10.0. The summed E-state index contributed by atoms with van der Waals surface area (Å²) in [5.74, 6) is -1.75. The first-order valence-electron chi connectivity index (χ1n) is 13.1. The molecular weight excluding hydrogens is 549 g/mol. The Labute approximate surface area is 239 Å². The van der Waals surface area contributed by atoms with Gasteiger partial charge in [0.15, 0.2) is 5.69 Å². The lowest BCUT2D eigenvalue weighted by molar-refractivity contribution is -0.140. The van der Waals surface area contributed by atoms with Crippen molar-refractivity contribution in [3.63, 3.8) is 0 Å². The van der Waals surface area contributed by atoms with Crippen molar-refractivity contribution in [2.45, 2.75) is 19.6 Å². The zero-order valence-corrected chi connectivity index (χ0v) is 22.9. The van der Waals surface area contributed by atoms with Crippen LogP contribution in [0.2, 0.25) is 0 Å². The number of nitrogens with one attached hydrogen (secondary N) is 1. The van der Waals surface area contributed by atoms with Gasteiger partial charge in [-0.1, -0.05) is 12.1 Å². The molecule has 0 saturated carbocycles. The first-order chi connectivity index (χ1) is 19.9. The Balaban J connectivity index is 1.54. The molecule has 5 rings (SSSR count). The fraction of sp³-hybridized carbons (Fsp3) is 0.276. The average Bonchev–Trinajstić information content (AvgIpc) is 3.27. The number of piperazine rings is 1. The van der Waals surface area contributed by atoms with Crippen molar-refractivity contribution in [1.82, 2.24) is 19.7 Å². The molecule has 2 aromatic heterocycles. The highest BCUT2D eigenvalue weighted by molar-refractivity contribution is 6.14. The number of carbonyl (C=O) groups is 2. The van der Waals surface area contributed by atoms with Gasteiger partial charge in [0, 0.05) is 37.3 Å². The molecule has 0 unspecified atom stereocenters. The van der Waals surface area contributed by atoms with Crippen LogP contribution in [-0.2, 0) is 12.7 Å². The molecule has 1 aliphatic rings. The summed E-state index contributed by atoms with van der Waals surface area (Å²) >= 11 is 0. The minimum Gasteiger partial charge on any atom is -0.369 e. The van der Waals surface area contributed by atoms with Crippen molar-refractivity contribution >= 4 is 34.1 Å². The molecule has 0 atom stereocenters. The fourth-order valence-corrected chi connectivity index (χ4v) is 4.88. The van der Waals surface area contributed by atoms with Gasteiger partial charge in [0.25, 0.3) is 11.8 Å². The molecule has 1 saturated heterocycles. The van der Waals surface area contributed by atoms with E-state index in [0.29, 0.717) is 22.0 Å². The number of pyridine rings is 1. The molecule has 3 N–H and O–H groups in total. The van der Waals surface area contributed by atoms with E-state index in [1.165, 1.54) is 13.0 Å². The predicted octanol–water partition coefficient (Wildman–Crippen LogP) is 3.78. The number of carbonyl (C=O) groups excluding carboxylic acids is 2. The Bertz CT molecular complexity index is 1720. The van der Waals surface area contributed by atoms with E-state index < -0.39 is 29.4 Å². The Morgan fingerprint density at radius 3 is 2.38 bits per heavy atom. The third-order valence-corrected chi connectivity index (χ3v) is 7.29. The number of benzene rings is 2. The Morgan fingerprint density at radius 1 is 1.07 bits per heavy atom. The molecule has 0 spiro atoms.